The number of Topliss-reactive ketones (excluding diaryl/α,β-unsaturated/α-hetero) is 1. The van der Waals surface area contributed by atoms with E-state index in [9.17, 15) is 4.79 Å². The molecule has 70 valence electrons. The Morgan fingerprint density at radius 2 is 1.93 bits per heavy atom. The molecular formula is C12H9ClO. The quantitative estimate of drug-likeness (QED) is 0.677. The van der Waals surface area contributed by atoms with Crippen molar-refractivity contribution in [3.8, 4) is 0 Å². The minimum absolute atomic E-state index is 0.0561. The molecule has 1 nitrogen and oxygen atoms in total. The Balaban J connectivity index is 2.26. The number of ketones is 1. The van der Waals surface area contributed by atoms with Gasteiger partial charge in [-0.3, -0.25) is 4.79 Å². The Kier molecular flexibility index (Phi) is 2.51. The molecule has 0 fully saturated rings. The van der Waals surface area contributed by atoms with Gasteiger partial charge in [-0.05, 0) is 6.08 Å². The molecule has 0 saturated heterocycles. The van der Waals surface area contributed by atoms with E-state index >= 15 is 0 Å². The number of benzene rings is 1. The van der Waals surface area contributed by atoms with Gasteiger partial charge in [0.1, 0.15) is 0 Å². The summed E-state index contributed by atoms with van der Waals surface area (Å²) >= 11 is 5.90. The van der Waals surface area contributed by atoms with Gasteiger partial charge >= 0.3 is 0 Å². The lowest BCUT2D eigenvalue weighted by atomic mass is 9.99. The third kappa shape index (κ3) is 1.64. The van der Waals surface area contributed by atoms with Crippen LogP contribution < -0.4 is 0 Å². The summed E-state index contributed by atoms with van der Waals surface area (Å²) in [6.07, 6.45) is 5.39. The highest BCUT2D eigenvalue weighted by Crippen LogP contribution is 2.26. The summed E-state index contributed by atoms with van der Waals surface area (Å²) in [5.41, 5.74) is 0.704. The van der Waals surface area contributed by atoms with E-state index in [0.29, 0.717) is 10.6 Å². The first-order valence-corrected chi connectivity index (χ1v) is 4.80. The van der Waals surface area contributed by atoms with Crippen LogP contribution in [0, 0.1) is 5.92 Å². The predicted octanol–water partition coefficient (Wildman–Crippen LogP) is 3.18. The van der Waals surface area contributed by atoms with E-state index in [-0.39, 0.29) is 11.7 Å². The zero-order valence-corrected chi connectivity index (χ0v) is 8.24. The van der Waals surface area contributed by atoms with Gasteiger partial charge in [-0.25, -0.2) is 0 Å². The van der Waals surface area contributed by atoms with Crippen molar-refractivity contribution in [1.29, 1.82) is 0 Å². The number of rotatable bonds is 2. The molecule has 0 spiro atoms. The summed E-state index contributed by atoms with van der Waals surface area (Å²) in [4.78, 5) is 11.9. The fraction of sp³-hybridized carbons (Fsp3) is 0.0833. The standard InChI is InChI=1S/C12H9ClO/c13-11-8-4-7-10(11)12(14)9-5-2-1-3-6-9/h1-8,10H. The van der Waals surface area contributed by atoms with Crippen LogP contribution in [0.15, 0.2) is 53.6 Å². The van der Waals surface area contributed by atoms with Crippen molar-refractivity contribution in [3.63, 3.8) is 0 Å². The maximum absolute atomic E-state index is 11.9. The van der Waals surface area contributed by atoms with Crippen LogP contribution in [-0.4, -0.2) is 5.78 Å². The maximum Gasteiger partial charge on any atom is 0.175 e. The molecule has 2 heteroatoms. The lowest BCUT2D eigenvalue weighted by Crippen LogP contribution is -2.10. The lowest BCUT2D eigenvalue weighted by Gasteiger charge is -2.06. The Bertz CT molecular complexity index is 404. The molecule has 0 aromatic heterocycles. The molecule has 1 aromatic rings. The highest BCUT2D eigenvalue weighted by atomic mass is 35.5. The second kappa shape index (κ2) is 3.81. The number of halogens is 1. The van der Waals surface area contributed by atoms with Gasteiger partial charge < -0.3 is 0 Å². The fourth-order valence-electron chi connectivity index (χ4n) is 1.45. The van der Waals surface area contributed by atoms with Gasteiger partial charge in [0.05, 0.1) is 5.92 Å². The Morgan fingerprint density at radius 1 is 1.21 bits per heavy atom. The largest absolute Gasteiger partial charge is 0.293 e. The van der Waals surface area contributed by atoms with E-state index in [0.717, 1.165) is 0 Å². The maximum atomic E-state index is 11.9. The van der Waals surface area contributed by atoms with Crippen molar-refractivity contribution in [1.82, 2.24) is 0 Å². The van der Waals surface area contributed by atoms with E-state index in [1.165, 1.54) is 0 Å². The molecule has 1 unspecified atom stereocenters. The van der Waals surface area contributed by atoms with E-state index in [4.69, 9.17) is 11.6 Å². The topological polar surface area (TPSA) is 17.1 Å². The van der Waals surface area contributed by atoms with Gasteiger partial charge in [-0.15, -0.1) is 0 Å². The van der Waals surface area contributed by atoms with Crippen LogP contribution in [0.1, 0.15) is 10.4 Å². The van der Waals surface area contributed by atoms with Gasteiger partial charge in [-0.2, -0.15) is 0 Å². The molecule has 0 heterocycles. The predicted molar refractivity (Wildman–Crippen MR) is 57.3 cm³/mol. The molecule has 1 aliphatic carbocycles. The van der Waals surface area contributed by atoms with Crippen LogP contribution in [-0.2, 0) is 0 Å². The second-order valence-corrected chi connectivity index (χ2v) is 3.58. The number of carbonyl (C=O) groups excluding carboxylic acids is 1. The molecule has 1 atom stereocenters. The monoisotopic (exact) mass is 204 g/mol. The zero-order chi connectivity index (χ0) is 9.97. The van der Waals surface area contributed by atoms with Crippen LogP contribution in [0.5, 0.6) is 0 Å². The third-order valence-corrected chi connectivity index (χ3v) is 2.56. The average Bonchev–Trinajstić information content (AvgIpc) is 2.65. The van der Waals surface area contributed by atoms with E-state index in [1.54, 1.807) is 18.2 Å². The number of hydrogen-bond donors (Lipinski definition) is 0. The zero-order valence-electron chi connectivity index (χ0n) is 7.48. The van der Waals surface area contributed by atoms with Crippen molar-refractivity contribution in [2.75, 3.05) is 0 Å². The van der Waals surface area contributed by atoms with E-state index in [2.05, 4.69) is 0 Å². The first-order valence-electron chi connectivity index (χ1n) is 4.42. The molecule has 0 radical (unpaired) electrons. The SMILES string of the molecule is O=C(c1ccccc1)C1C=CC=C1Cl. The molecule has 0 N–H and O–H groups in total. The number of hydrogen-bond acceptors (Lipinski definition) is 1. The highest BCUT2D eigenvalue weighted by Gasteiger charge is 2.22. The summed E-state index contributed by atoms with van der Waals surface area (Å²) in [7, 11) is 0. The average molecular weight is 205 g/mol. The summed E-state index contributed by atoms with van der Waals surface area (Å²) in [5, 5.41) is 0.596. The van der Waals surface area contributed by atoms with Crippen LogP contribution in [0.3, 0.4) is 0 Å². The van der Waals surface area contributed by atoms with Crippen LogP contribution in [0.25, 0.3) is 0 Å². The van der Waals surface area contributed by atoms with Crippen molar-refractivity contribution >= 4 is 17.4 Å². The third-order valence-electron chi connectivity index (χ3n) is 2.20. The summed E-state index contributed by atoms with van der Waals surface area (Å²) in [5.74, 6) is -0.223. The first kappa shape index (κ1) is 9.22. The fourth-order valence-corrected chi connectivity index (χ4v) is 1.69. The number of carbonyl (C=O) groups is 1. The van der Waals surface area contributed by atoms with Crippen LogP contribution in [0.2, 0.25) is 0 Å². The molecule has 1 aliphatic rings. The van der Waals surface area contributed by atoms with Gasteiger partial charge in [0, 0.05) is 10.6 Å². The van der Waals surface area contributed by atoms with E-state index < -0.39 is 0 Å². The normalized spacial score (nSPS) is 19.5. The van der Waals surface area contributed by atoms with Crippen molar-refractivity contribution in [3.05, 3.63) is 59.2 Å². The molecule has 1 aromatic carbocycles. The minimum Gasteiger partial charge on any atom is -0.293 e. The number of allylic oxidation sites excluding steroid dienone is 4. The summed E-state index contributed by atoms with van der Waals surface area (Å²) in [6.45, 7) is 0. The molecule has 2 rings (SSSR count). The molecular weight excluding hydrogens is 196 g/mol. The van der Waals surface area contributed by atoms with Gasteiger partial charge in [0.15, 0.2) is 5.78 Å². The summed E-state index contributed by atoms with van der Waals surface area (Å²) in [6, 6.07) is 9.20. The Morgan fingerprint density at radius 3 is 2.50 bits per heavy atom. The molecule has 14 heavy (non-hydrogen) atoms. The highest BCUT2D eigenvalue weighted by molar-refractivity contribution is 6.32. The molecule has 0 aliphatic heterocycles. The smallest absolute Gasteiger partial charge is 0.175 e. The van der Waals surface area contributed by atoms with Crippen molar-refractivity contribution in [2.24, 2.45) is 5.92 Å². The van der Waals surface area contributed by atoms with Gasteiger partial charge in [0.25, 0.3) is 0 Å². The molecule has 0 amide bonds. The van der Waals surface area contributed by atoms with Crippen molar-refractivity contribution in [2.45, 2.75) is 0 Å². The first-order chi connectivity index (χ1) is 6.79. The van der Waals surface area contributed by atoms with Crippen LogP contribution >= 0.6 is 11.6 Å². The van der Waals surface area contributed by atoms with Crippen molar-refractivity contribution < 1.29 is 4.79 Å². The summed E-state index contributed by atoms with van der Waals surface area (Å²) < 4.78 is 0. The van der Waals surface area contributed by atoms with Gasteiger partial charge in [-0.1, -0.05) is 54.1 Å². The van der Waals surface area contributed by atoms with Gasteiger partial charge in [0.2, 0.25) is 0 Å². The Hall–Kier alpha value is -1.34. The molecule has 0 saturated carbocycles. The lowest BCUT2D eigenvalue weighted by molar-refractivity contribution is 0.0964. The minimum atomic E-state index is -0.279. The Labute approximate surface area is 87.7 Å². The van der Waals surface area contributed by atoms with Crippen LogP contribution in [0.4, 0.5) is 0 Å². The van der Waals surface area contributed by atoms with E-state index in [1.807, 2.05) is 30.4 Å². The second-order valence-electron chi connectivity index (χ2n) is 3.14. The molecule has 0 bridgehead atoms.